The highest BCUT2D eigenvalue weighted by atomic mass is 127. The summed E-state index contributed by atoms with van der Waals surface area (Å²) < 4.78 is 68.0. The van der Waals surface area contributed by atoms with E-state index in [-0.39, 0.29) is 14.7 Å². The van der Waals surface area contributed by atoms with E-state index in [1.807, 2.05) is 22.6 Å². The first-order valence-electron chi connectivity index (χ1n) is 8.73. The van der Waals surface area contributed by atoms with E-state index < -0.39 is 61.1 Å². The topological polar surface area (TPSA) is 170 Å². The Morgan fingerprint density at radius 3 is 2.29 bits per heavy atom. The first-order valence-corrected chi connectivity index (χ1v) is 12.3. The van der Waals surface area contributed by atoms with Crippen LogP contribution < -0.4 is 4.74 Å². The third-order valence-corrected chi connectivity index (χ3v) is 6.74. The van der Waals surface area contributed by atoms with E-state index in [1.165, 1.54) is 13.0 Å². The molecule has 1 unspecified atom stereocenters. The van der Waals surface area contributed by atoms with Gasteiger partial charge in [-0.15, -0.1) is 0 Å². The Bertz CT molecular complexity index is 1300. The Balaban J connectivity index is 2.52. The van der Waals surface area contributed by atoms with E-state index in [0.717, 1.165) is 12.1 Å². The number of esters is 2. The van der Waals surface area contributed by atoms with Gasteiger partial charge in [0.05, 0.1) is 8.49 Å². The van der Waals surface area contributed by atoms with Gasteiger partial charge >= 0.3 is 33.0 Å². The van der Waals surface area contributed by atoms with Crippen LogP contribution in [-0.4, -0.2) is 46.3 Å². The highest BCUT2D eigenvalue weighted by Gasteiger charge is 2.52. The predicted molar refractivity (Wildman–Crippen MR) is 128 cm³/mol. The molecule has 2 N–H and O–H groups in total. The van der Waals surface area contributed by atoms with Crippen molar-refractivity contribution in [3.05, 3.63) is 58.2 Å². The van der Waals surface area contributed by atoms with Crippen molar-refractivity contribution in [2.75, 3.05) is 0 Å². The minimum Gasteiger partial charge on any atom is -0.506 e. The molecule has 184 valence electrons. The summed E-state index contributed by atoms with van der Waals surface area (Å²) in [5.74, 6) is -4.14. The average Bonchev–Trinajstić information content (AvgIpc) is 2.70. The van der Waals surface area contributed by atoms with Crippen molar-refractivity contribution in [2.24, 2.45) is 0 Å². The van der Waals surface area contributed by atoms with Crippen molar-refractivity contribution in [1.82, 2.24) is 0 Å². The Morgan fingerprint density at radius 1 is 1.18 bits per heavy atom. The first kappa shape index (κ1) is 28.1. The van der Waals surface area contributed by atoms with Crippen LogP contribution in [0.4, 0.5) is 14.5 Å². The second-order valence-corrected chi connectivity index (χ2v) is 10.5. The van der Waals surface area contributed by atoms with Crippen LogP contribution in [-0.2, 0) is 14.9 Å². The molecule has 0 amide bonds. The van der Waals surface area contributed by atoms with Crippen LogP contribution in [0.3, 0.4) is 0 Å². The van der Waals surface area contributed by atoms with Gasteiger partial charge in [-0.3, -0.25) is 14.7 Å². The predicted octanol–water partition coefficient (Wildman–Crippen LogP) is 4.06. The van der Waals surface area contributed by atoms with Gasteiger partial charge in [0.1, 0.15) is 16.9 Å². The molecular weight excluding hydrogens is 714 g/mol. The lowest BCUT2D eigenvalue weighted by Gasteiger charge is -2.21. The van der Waals surface area contributed by atoms with Crippen LogP contribution in [0.15, 0.2) is 24.3 Å². The fourth-order valence-electron chi connectivity index (χ4n) is 2.52. The van der Waals surface area contributed by atoms with E-state index in [2.05, 4.69) is 4.74 Å². The van der Waals surface area contributed by atoms with Gasteiger partial charge in [0.2, 0.25) is 5.75 Å². The number of nitro benzene ring substituents is 1. The number of rotatable bonds is 7. The van der Waals surface area contributed by atoms with Crippen molar-refractivity contribution in [2.45, 2.75) is 25.2 Å². The summed E-state index contributed by atoms with van der Waals surface area (Å²) in [7, 11) is -5.97. The van der Waals surface area contributed by atoms with E-state index in [0.29, 0.717) is 10.5 Å². The van der Waals surface area contributed by atoms with Crippen molar-refractivity contribution >= 4 is 72.9 Å². The first-order chi connectivity index (χ1) is 15.5. The highest BCUT2D eigenvalue weighted by molar-refractivity contribution is 14.1. The molecule has 0 heterocycles. The second-order valence-electron chi connectivity index (χ2n) is 6.62. The largest absolute Gasteiger partial charge is 0.506 e. The third-order valence-electron chi connectivity index (χ3n) is 4.27. The molecule has 0 aromatic heterocycles. The molecule has 16 heteroatoms. The maximum atomic E-state index is 13.7. The van der Waals surface area contributed by atoms with Gasteiger partial charge in [-0.05, 0) is 82.8 Å². The van der Waals surface area contributed by atoms with E-state index >= 15 is 0 Å². The lowest BCUT2D eigenvalue weighted by Crippen LogP contribution is -2.42. The van der Waals surface area contributed by atoms with Crippen molar-refractivity contribution in [3.63, 3.8) is 0 Å². The van der Waals surface area contributed by atoms with Crippen molar-refractivity contribution in [1.29, 1.82) is 0 Å². The number of carbonyl (C=O) groups excluding carboxylic acids is 2. The maximum Gasteiger partial charge on any atom is 0.405 e. The van der Waals surface area contributed by atoms with Crippen LogP contribution in [0.1, 0.15) is 33.2 Å². The number of hydrogen-bond donors (Lipinski definition) is 2. The number of phenols is 1. The number of phenolic OH excluding ortho intramolecular Hbond substituents is 1. The smallest absolute Gasteiger partial charge is 0.405 e. The van der Waals surface area contributed by atoms with E-state index in [4.69, 9.17) is 9.29 Å². The second kappa shape index (κ2) is 10.2. The number of nitro groups is 1. The summed E-state index contributed by atoms with van der Waals surface area (Å²) in [6.07, 6.45) is -2.73. The zero-order chi connectivity index (χ0) is 26.2. The number of nitrogens with zero attached hydrogens (tertiary/aromatic N) is 1. The SMILES string of the molecule is Cc1ccc(C(=O)OC(C)C(F)(F)S(=O)(=O)O)c([N+](=O)[O-])c1OC(=O)c1cc(I)cc(I)c1O. The summed E-state index contributed by atoms with van der Waals surface area (Å²) in [5.41, 5.74) is -2.40. The molecule has 1 atom stereocenters. The summed E-state index contributed by atoms with van der Waals surface area (Å²) in [6.45, 7) is 1.74. The number of aryl methyl sites for hydroxylation is 1. The number of carbonyl (C=O) groups is 2. The van der Waals surface area contributed by atoms with Gasteiger partial charge in [-0.1, -0.05) is 6.07 Å². The molecule has 2 aromatic carbocycles. The fourth-order valence-corrected chi connectivity index (χ4v) is 4.83. The molecule has 0 aliphatic heterocycles. The number of ether oxygens (including phenoxy) is 2. The third kappa shape index (κ3) is 5.71. The molecule has 0 fully saturated rings. The number of hydrogen-bond acceptors (Lipinski definition) is 9. The normalized spacial score (nSPS) is 12.7. The van der Waals surface area contributed by atoms with Crippen LogP contribution in [0.5, 0.6) is 11.5 Å². The minimum absolute atomic E-state index is 0.00673. The molecule has 0 radical (unpaired) electrons. The maximum absolute atomic E-state index is 13.7. The summed E-state index contributed by atoms with van der Waals surface area (Å²) in [6, 6.07) is 4.72. The van der Waals surface area contributed by atoms with Crippen molar-refractivity contribution in [3.8, 4) is 11.5 Å². The molecule has 0 aliphatic carbocycles. The standard InChI is InChI=1S/C18H13F2I2NO10S/c1-7-3-4-10(16(25)32-8(2)18(19,20)34(29,30)31)13(23(27)28)15(7)33-17(26)11-5-9(21)6-12(22)14(11)24/h3-6,8,24H,1-2H3,(H,29,30,31). The van der Waals surface area contributed by atoms with Crippen molar-refractivity contribution < 1.29 is 50.8 Å². The van der Waals surface area contributed by atoms with E-state index in [1.54, 1.807) is 28.7 Å². The Labute approximate surface area is 217 Å². The minimum atomic E-state index is -5.97. The van der Waals surface area contributed by atoms with Crippen LogP contribution >= 0.6 is 45.2 Å². The van der Waals surface area contributed by atoms with Gasteiger partial charge in [-0.2, -0.15) is 17.2 Å². The quantitative estimate of drug-likeness (QED) is 0.106. The van der Waals surface area contributed by atoms with Gasteiger partial charge < -0.3 is 14.6 Å². The Hall–Kier alpha value is -2.19. The highest BCUT2D eigenvalue weighted by Crippen LogP contribution is 2.37. The zero-order valence-corrected chi connectivity index (χ0v) is 22.0. The van der Waals surface area contributed by atoms with Gasteiger partial charge in [-0.25, -0.2) is 9.59 Å². The average molecular weight is 727 g/mol. The molecule has 0 saturated carbocycles. The molecule has 2 aromatic rings. The van der Waals surface area contributed by atoms with Gasteiger partial charge in [0.15, 0.2) is 6.10 Å². The Morgan fingerprint density at radius 2 is 1.76 bits per heavy atom. The molecule has 34 heavy (non-hydrogen) atoms. The lowest BCUT2D eigenvalue weighted by atomic mass is 10.1. The number of aromatic hydroxyl groups is 1. The number of alkyl halides is 2. The van der Waals surface area contributed by atoms with Crippen LogP contribution in [0.25, 0.3) is 0 Å². The molecule has 0 saturated heterocycles. The lowest BCUT2D eigenvalue weighted by molar-refractivity contribution is -0.386. The number of benzene rings is 2. The monoisotopic (exact) mass is 727 g/mol. The zero-order valence-electron chi connectivity index (χ0n) is 16.9. The van der Waals surface area contributed by atoms with Crippen LogP contribution in [0, 0.1) is 24.2 Å². The number of halogens is 4. The Kier molecular flexibility index (Phi) is 8.41. The molecule has 0 aliphatic rings. The molecular formula is C18H13F2I2NO10S. The molecule has 0 bridgehead atoms. The molecule has 11 nitrogen and oxygen atoms in total. The summed E-state index contributed by atoms with van der Waals surface area (Å²) >= 11 is 3.60. The summed E-state index contributed by atoms with van der Waals surface area (Å²) in [5, 5.41) is 16.9. The molecule has 0 spiro atoms. The van der Waals surface area contributed by atoms with Crippen LogP contribution in [0.2, 0.25) is 0 Å². The fraction of sp³-hybridized carbons (Fsp3) is 0.222. The summed E-state index contributed by atoms with van der Waals surface area (Å²) in [4.78, 5) is 35.6. The van der Waals surface area contributed by atoms with Gasteiger partial charge in [0, 0.05) is 3.57 Å². The van der Waals surface area contributed by atoms with E-state index in [9.17, 15) is 42.0 Å². The molecule has 2 rings (SSSR count). The van der Waals surface area contributed by atoms with Gasteiger partial charge in [0.25, 0.3) is 0 Å².